The van der Waals surface area contributed by atoms with Crippen LogP contribution in [0.15, 0.2) is 42.6 Å². The van der Waals surface area contributed by atoms with Gasteiger partial charge in [-0.25, -0.2) is 0 Å². The van der Waals surface area contributed by atoms with Crippen LogP contribution in [0.5, 0.6) is 11.5 Å². The summed E-state index contributed by atoms with van der Waals surface area (Å²) < 4.78 is 5.38. The maximum atomic E-state index is 10.4. The third-order valence-corrected chi connectivity index (χ3v) is 6.92. The number of piperidine rings is 3. The van der Waals surface area contributed by atoms with Crippen molar-refractivity contribution in [3.8, 4) is 11.5 Å². The van der Waals surface area contributed by atoms with Crippen LogP contribution in [0, 0.1) is 36.3 Å². The molecule has 0 aliphatic carbocycles. The summed E-state index contributed by atoms with van der Waals surface area (Å²) in [5.41, 5.74) is -0.515. The highest BCUT2D eigenvalue weighted by atomic mass is 16.6. The molecule has 3 saturated heterocycles. The lowest BCUT2D eigenvalue weighted by Crippen LogP contribution is -2.49. The number of benzene rings is 2. The Hall–Kier alpha value is -4.39. The molecule has 1 aromatic heterocycles. The number of hydrogen-bond acceptors (Lipinski definition) is 10. The van der Waals surface area contributed by atoms with Crippen LogP contribution in [0.1, 0.15) is 24.8 Å². The molecule has 37 heavy (non-hydrogen) atoms. The predicted octanol–water partition coefficient (Wildman–Crippen LogP) is 4.39. The number of ether oxygens (including phenoxy) is 1. The summed E-state index contributed by atoms with van der Waals surface area (Å²) in [4.78, 5) is 34.9. The third kappa shape index (κ3) is 5.56. The number of rotatable bonds is 6. The maximum absolute atomic E-state index is 10.4. The van der Waals surface area contributed by atoms with Gasteiger partial charge < -0.3 is 14.7 Å². The number of phenols is 1. The predicted molar refractivity (Wildman–Crippen MR) is 133 cm³/mol. The van der Waals surface area contributed by atoms with E-state index in [9.17, 15) is 30.3 Å². The second-order valence-electron chi connectivity index (χ2n) is 9.03. The Kier molecular flexibility index (Phi) is 7.43. The summed E-state index contributed by atoms with van der Waals surface area (Å²) in [6, 6.07) is 9.98. The van der Waals surface area contributed by atoms with Crippen LogP contribution in [0.2, 0.25) is 0 Å². The molecule has 3 aliphatic heterocycles. The molecule has 0 amide bonds. The summed E-state index contributed by atoms with van der Waals surface area (Å²) in [5.74, 6) is 0.672. The molecule has 0 spiro atoms. The maximum Gasteiger partial charge on any atom is 0.324 e. The van der Waals surface area contributed by atoms with Crippen molar-refractivity contribution in [2.45, 2.75) is 31.7 Å². The van der Waals surface area contributed by atoms with E-state index in [4.69, 9.17) is 9.84 Å². The minimum absolute atomic E-state index is 0.447. The van der Waals surface area contributed by atoms with Crippen molar-refractivity contribution in [2.75, 3.05) is 20.2 Å². The molecule has 3 fully saturated rings. The lowest BCUT2D eigenvalue weighted by atomic mass is 9.81. The van der Waals surface area contributed by atoms with Crippen LogP contribution in [-0.2, 0) is 6.42 Å². The van der Waals surface area contributed by atoms with Gasteiger partial charge >= 0.3 is 11.4 Å². The number of nitro groups is 3. The van der Waals surface area contributed by atoms with E-state index < -0.39 is 37.6 Å². The van der Waals surface area contributed by atoms with Crippen molar-refractivity contribution >= 4 is 28.0 Å². The third-order valence-electron chi connectivity index (χ3n) is 6.92. The van der Waals surface area contributed by atoms with Gasteiger partial charge in [-0.1, -0.05) is 0 Å². The zero-order valence-electron chi connectivity index (χ0n) is 20.0. The number of non-ortho nitro benzene ring substituents is 1. The Labute approximate surface area is 210 Å². The molecule has 2 bridgehead atoms. The van der Waals surface area contributed by atoms with Crippen LogP contribution >= 0.6 is 0 Å². The summed E-state index contributed by atoms with van der Waals surface area (Å²) in [6.07, 6.45) is 7.26. The molecule has 1 atom stereocenters. The molecule has 13 nitrogen and oxygen atoms in total. The number of hydrogen-bond donors (Lipinski definition) is 1. The highest BCUT2D eigenvalue weighted by molar-refractivity contribution is 5.83. The number of aromatic nitrogens is 1. The fourth-order valence-electron chi connectivity index (χ4n) is 5.01. The number of pyridine rings is 1. The van der Waals surface area contributed by atoms with E-state index >= 15 is 0 Å². The number of methoxy groups -OCH3 is 1. The van der Waals surface area contributed by atoms with Crippen LogP contribution in [0.4, 0.5) is 17.1 Å². The molecule has 6 rings (SSSR count). The van der Waals surface area contributed by atoms with Crippen molar-refractivity contribution < 1.29 is 24.6 Å². The SMILES string of the molecule is COc1ccc2nccc(C[C@@H]3CC4CCN3CC4)c2c1.O=[N+]([O-])c1cc([N+](=O)[O-])c(O)c([N+](=O)[O-])c1. The number of nitrogens with zero attached hydrogens (tertiary/aromatic N) is 5. The Morgan fingerprint density at radius 2 is 1.65 bits per heavy atom. The molecule has 0 unspecified atom stereocenters. The second kappa shape index (κ2) is 10.7. The lowest BCUT2D eigenvalue weighted by molar-refractivity contribution is -0.404. The highest BCUT2D eigenvalue weighted by Crippen LogP contribution is 2.39. The minimum Gasteiger partial charge on any atom is -0.497 e. The summed E-state index contributed by atoms with van der Waals surface area (Å²) in [6.45, 7) is 2.59. The Bertz CT molecular complexity index is 1320. The normalized spacial score (nSPS) is 20.1. The van der Waals surface area contributed by atoms with Gasteiger partial charge in [0, 0.05) is 17.6 Å². The molecule has 0 radical (unpaired) electrons. The zero-order valence-corrected chi connectivity index (χ0v) is 20.0. The van der Waals surface area contributed by atoms with Crippen molar-refractivity contribution in [1.29, 1.82) is 0 Å². The Balaban J connectivity index is 0.000000181. The zero-order chi connectivity index (χ0) is 26.7. The Morgan fingerprint density at radius 1 is 1.00 bits per heavy atom. The molecule has 3 aliphatic rings. The molecule has 3 aromatic rings. The largest absolute Gasteiger partial charge is 0.497 e. The number of aromatic hydroxyl groups is 1. The fourth-order valence-corrected chi connectivity index (χ4v) is 5.01. The first-order valence-corrected chi connectivity index (χ1v) is 11.6. The van der Waals surface area contributed by atoms with E-state index in [1.807, 2.05) is 12.3 Å². The monoisotopic (exact) mass is 511 g/mol. The molecular weight excluding hydrogens is 486 g/mol. The minimum atomic E-state index is -1.21. The van der Waals surface area contributed by atoms with Gasteiger partial charge in [0.1, 0.15) is 5.75 Å². The van der Waals surface area contributed by atoms with E-state index in [1.54, 1.807) is 7.11 Å². The fraction of sp³-hybridized carbons (Fsp3) is 0.375. The first-order chi connectivity index (χ1) is 17.7. The van der Waals surface area contributed by atoms with Crippen LogP contribution in [0.3, 0.4) is 0 Å². The van der Waals surface area contributed by atoms with E-state index in [-0.39, 0.29) is 0 Å². The summed E-state index contributed by atoms with van der Waals surface area (Å²) in [7, 11) is 1.73. The topological polar surface area (TPSA) is 175 Å². The van der Waals surface area contributed by atoms with Crippen molar-refractivity contribution in [2.24, 2.45) is 5.92 Å². The molecule has 2 aromatic carbocycles. The van der Waals surface area contributed by atoms with Gasteiger partial charge in [-0.3, -0.25) is 35.3 Å². The molecule has 194 valence electrons. The summed E-state index contributed by atoms with van der Waals surface area (Å²) in [5, 5.41) is 41.5. The number of phenolic OH excluding ortho intramolecular Hbond substituents is 1. The van der Waals surface area contributed by atoms with Gasteiger partial charge in [0.05, 0.1) is 39.5 Å². The molecule has 0 saturated carbocycles. The van der Waals surface area contributed by atoms with Crippen LogP contribution < -0.4 is 4.74 Å². The van der Waals surface area contributed by atoms with Crippen molar-refractivity contribution in [3.05, 3.63) is 78.5 Å². The highest BCUT2D eigenvalue weighted by Gasteiger charge is 2.33. The van der Waals surface area contributed by atoms with Crippen LogP contribution in [-0.4, -0.2) is 56.0 Å². The molecule has 4 heterocycles. The quantitative estimate of drug-likeness (QED) is 0.369. The van der Waals surface area contributed by atoms with Gasteiger partial charge in [-0.05, 0) is 74.5 Å². The number of nitro benzene ring substituents is 3. The molecular formula is C24H25N5O8. The first kappa shape index (κ1) is 25.7. The molecule has 1 N–H and O–H groups in total. The average Bonchev–Trinajstić information content (AvgIpc) is 2.89. The van der Waals surface area contributed by atoms with E-state index in [0.717, 1.165) is 23.6 Å². The lowest BCUT2D eigenvalue weighted by Gasteiger charge is -2.45. The summed E-state index contributed by atoms with van der Waals surface area (Å²) >= 11 is 0. The van der Waals surface area contributed by atoms with Gasteiger partial charge in [-0.2, -0.15) is 0 Å². The second-order valence-corrected chi connectivity index (χ2v) is 9.03. The molecule has 13 heteroatoms. The van der Waals surface area contributed by atoms with Gasteiger partial charge in [-0.15, -0.1) is 0 Å². The van der Waals surface area contributed by atoms with Gasteiger partial charge in [0.15, 0.2) is 0 Å². The van der Waals surface area contributed by atoms with Crippen molar-refractivity contribution in [3.63, 3.8) is 0 Å². The smallest absolute Gasteiger partial charge is 0.324 e. The first-order valence-electron chi connectivity index (χ1n) is 11.6. The van der Waals surface area contributed by atoms with Gasteiger partial charge in [0.2, 0.25) is 0 Å². The van der Waals surface area contributed by atoms with E-state index in [1.165, 1.54) is 43.3 Å². The van der Waals surface area contributed by atoms with Crippen LogP contribution in [0.25, 0.3) is 10.9 Å². The van der Waals surface area contributed by atoms with Gasteiger partial charge in [0.25, 0.3) is 11.4 Å². The average molecular weight is 511 g/mol. The number of fused-ring (bicyclic) bond motifs is 4. The van der Waals surface area contributed by atoms with Crippen molar-refractivity contribution in [1.82, 2.24) is 9.88 Å². The Morgan fingerprint density at radius 3 is 2.16 bits per heavy atom. The van der Waals surface area contributed by atoms with E-state index in [0.29, 0.717) is 18.2 Å². The van der Waals surface area contributed by atoms with E-state index in [2.05, 4.69) is 28.1 Å². The standard InChI is InChI=1S/C18H22N2O.C6H3N3O7/c1-21-16-2-3-18-17(12-16)14(4-7-19-18)11-15-10-13-5-8-20(15)9-6-13;10-6-4(8(13)14)1-3(7(11)12)2-5(6)9(15)16/h2-4,7,12-13,15H,5-6,8-11H2,1H3;1-2,10H/t15-;/m0./s1.